The average molecular weight is 372 g/mol. The van der Waals surface area contributed by atoms with Crippen LogP contribution in [0.15, 0.2) is 0 Å². The smallest absolute Gasteiger partial charge is 0.246 e. The van der Waals surface area contributed by atoms with Crippen molar-refractivity contribution in [2.24, 2.45) is 0 Å². The number of phenols is 1. The van der Waals surface area contributed by atoms with Crippen molar-refractivity contribution in [3.05, 3.63) is 46.5 Å². The highest BCUT2D eigenvalue weighted by Gasteiger charge is 2.33. The predicted molar refractivity (Wildman–Crippen MR) is 64.5 cm³/mol. The Kier molecular flexibility index (Phi) is 3.62. The molecule has 0 spiro atoms. The number of aromatic hydroxyl groups is 1. The van der Waals surface area contributed by atoms with Gasteiger partial charge in [-0.2, -0.15) is 8.78 Å². The van der Waals surface area contributed by atoms with E-state index in [1.807, 2.05) is 0 Å². The van der Waals surface area contributed by atoms with E-state index in [-0.39, 0.29) is 0 Å². The Bertz CT molecular complexity index is 1080. The molecule has 3 aromatic rings. The highest BCUT2D eigenvalue weighted by atomic mass is 19.3. The van der Waals surface area contributed by atoms with Gasteiger partial charge in [-0.3, -0.25) is 4.94 Å². The zero-order valence-electron chi connectivity index (χ0n) is 11.3. The molecule has 132 valence electrons. The van der Waals surface area contributed by atoms with Crippen molar-refractivity contribution in [3.63, 3.8) is 0 Å². The second-order valence-electron chi connectivity index (χ2n) is 4.77. The van der Waals surface area contributed by atoms with Gasteiger partial charge < -0.3 is 5.11 Å². The molecule has 0 aliphatic heterocycles. The zero-order chi connectivity index (χ0) is 18.8. The fourth-order valence-corrected chi connectivity index (χ4v) is 2.44. The van der Waals surface area contributed by atoms with Gasteiger partial charge in [0.25, 0.3) is 0 Å². The predicted octanol–water partition coefficient (Wildman–Crippen LogP) is 5.07. The number of hydrogen-bond donors (Lipinski definition) is 1. The van der Waals surface area contributed by atoms with Crippen LogP contribution in [0.25, 0.3) is 21.5 Å². The van der Waals surface area contributed by atoms with E-state index in [4.69, 9.17) is 0 Å². The van der Waals surface area contributed by atoms with Gasteiger partial charge in [0.2, 0.25) is 17.4 Å². The van der Waals surface area contributed by atoms with E-state index in [2.05, 4.69) is 4.94 Å². The van der Waals surface area contributed by atoms with Crippen LogP contribution in [-0.4, -0.2) is 5.11 Å². The van der Waals surface area contributed by atoms with Gasteiger partial charge in [-0.05, 0) is 0 Å². The molecule has 0 saturated carbocycles. The maximum absolute atomic E-state index is 14.4. The topological polar surface area (TPSA) is 29.5 Å². The van der Waals surface area contributed by atoms with Crippen molar-refractivity contribution in [2.45, 2.75) is 0 Å². The normalized spacial score (nSPS) is 11.6. The van der Waals surface area contributed by atoms with Crippen LogP contribution in [0.4, 0.5) is 39.6 Å². The molecule has 0 heterocycles. The molecule has 0 amide bonds. The first-order valence-corrected chi connectivity index (χ1v) is 6.09. The molecule has 0 bridgehead atoms. The summed E-state index contributed by atoms with van der Waals surface area (Å²) in [5, 5.41) is 2.21. The van der Waals surface area contributed by atoms with Gasteiger partial charge in [0, 0.05) is 4.53 Å². The van der Waals surface area contributed by atoms with E-state index in [0.717, 1.165) is 0 Å². The van der Waals surface area contributed by atoms with Gasteiger partial charge in [-0.15, -0.1) is 0 Å². The summed E-state index contributed by atoms with van der Waals surface area (Å²) in [6.45, 7) is 0. The lowest BCUT2D eigenvalue weighted by Gasteiger charge is -2.13. The van der Waals surface area contributed by atoms with E-state index in [9.17, 15) is 44.8 Å². The third-order valence-electron chi connectivity index (χ3n) is 3.54. The monoisotopic (exact) mass is 372 g/mol. The Morgan fingerprint density at radius 2 is 0.920 bits per heavy atom. The Labute approximate surface area is 130 Å². The van der Waals surface area contributed by atoms with Gasteiger partial charge in [0.05, 0.1) is 21.5 Å². The van der Waals surface area contributed by atoms with Crippen molar-refractivity contribution < 1.29 is 49.7 Å². The molecule has 0 radical (unpaired) electrons. The van der Waals surface area contributed by atoms with E-state index in [1.54, 1.807) is 0 Å². The molecule has 0 unspecified atom stereocenters. The van der Waals surface area contributed by atoms with E-state index < -0.39 is 79.6 Å². The van der Waals surface area contributed by atoms with Crippen molar-refractivity contribution in [1.29, 1.82) is 0 Å². The number of fused-ring (bicyclic) bond motifs is 2. The minimum atomic E-state index is -2.44. The lowest BCUT2D eigenvalue weighted by atomic mass is 9.98. The van der Waals surface area contributed by atoms with Crippen LogP contribution in [0.2, 0.25) is 0 Å². The highest BCUT2D eigenvalue weighted by molar-refractivity contribution is 6.03. The molecule has 3 aromatic carbocycles. The lowest BCUT2D eigenvalue weighted by molar-refractivity contribution is -0.0156. The fourth-order valence-electron chi connectivity index (χ4n) is 2.44. The number of phenolic OH excluding ortho intramolecular Hbond substituents is 1. The second-order valence-corrected chi connectivity index (χ2v) is 4.77. The Hall–Kier alpha value is -2.85. The van der Waals surface area contributed by atoms with Gasteiger partial charge in [-0.1, -0.05) is 0 Å². The Balaban J connectivity index is 2.79. The second kappa shape index (κ2) is 5.33. The van der Waals surface area contributed by atoms with E-state index in [1.165, 1.54) is 0 Å². The van der Waals surface area contributed by atoms with Crippen molar-refractivity contribution in [2.75, 3.05) is 0 Å². The molecule has 0 saturated heterocycles. The van der Waals surface area contributed by atoms with Crippen LogP contribution < -0.4 is 4.94 Å². The molecule has 2 nitrogen and oxygen atoms in total. The third kappa shape index (κ3) is 1.94. The molecule has 0 aromatic heterocycles. The molecule has 25 heavy (non-hydrogen) atoms. The number of benzene rings is 3. The molecule has 1 N–H and O–H groups in total. The van der Waals surface area contributed by atoms with Gasteiger partial charge in [0.15, 0.2) is 29.0 Å². The fraction of sp³-hybridized carbons (Fsp3) is 0. The van der Waals surface area contributed by atoms with Gasteiger partial charge in [-0.25, -0.2) is 26.3 Å². The van der Waals surface area contributed by atoms with Gasteiger partial charge >= 0.3 is 0 Å². The molecular formula is C14HF9O2. The first kappa shape index (κ1) is 17.0. The standard InChI is InChI=1S/C14HF9O2/c15-5-2-1(8(18)12(22)14(25-23)9(2)19)6(16)4-3(5)7(17)10(20)11(21)13(4)24/h24H. The van der Waals surface area contributed by atoms with Crippen LogP contribution >= 0.6 is 0 Å². The number of halogens is 9. The summed E-state index contributed by atoms with van der Waals surface area (Å²) in [7, 11) is 0. The minimum Gasteiger partial charge on any atom is -0.504 e. The summed E-state index contributed by atoms with van der Waals surface area (Å²) in [4.78, 5) is 2.71. The molecule has 0 atom stereocenters. The molecule has 11 heteroatoms. The summed E-state index contributed by atoms with van der Waals surface area (Å²) < 4.78 is 123. The van der Waals surface area contributed by atoms with E-state index >= 15 is 0 Å². The maximum atomic E-state index is 14.4. The molecule has 0 fully saturated rings. The summed E-state index contributed by atoms with van der Waals surface area (Å²) in [6.07, 6.45) is 0. The highest BCUT2D eigenvalue weighted by Crippen LogP contribution is 2.43. The van der Waals surface area contributed by atoms with Crippen LogP contribution in [0.3, 0.4) is 0 Å². The Morgan fingerprint density at radius 3 is 1.48 bits per heavy atom. The summed E-state index contributed by atoms with van der Waals surface area (Å²) in [6, 6.07) is 0. The molecular weight excluding hydrogens is 371 g/mol. The van der Waals surface area contributed by atoms with Crippen molar-refractivity contribution in [3.8, 4) is 11.5 Å². The first-order valence-electron chi connectivity index (χ1n) is 6.09. The van der Waals surface area contributed by atoms with Crippen molar-refractivity contribution >= 4 is 21.5 Å². The molecule has 0 aliphatic rings. The maximum Gasteiger partial charge on any atom is 0.246 e. The van der Waals surface area contributed by atoms with Crippen LogP contribution in [0.1, 0.15) is 0 Å². The lowest BCUT2D eigenvalue weighted by Crippen LogP contribution is -2.04. The van der Waals surface area contributed by atoms with Crippen LogP contribution in [-0.2, 0) is 0 Å². The summed E-state index contributed by atoms with van der Waals surface area (Å²) in [5.74, 6) is -22.8. The third-order valence-corrected chi connectivity index (χ3v) is 3.54. The molecule has 3 rings (SSSR count). The SMILES string of the molecule is Oc1c(F)c(F)c(F)c2c(F)c3c(F)c(OF)c(F)c(F)c3c(F)c12. The van der Waals surface area contributed by atoms with Crippen molar-refractivity contribution in [1.82, 2.24) is 0 Å². The zero-order valence-corrected chi connectivity index (χ0v) is 11.3. The number of hydrogen-bond acceptors (Lipinski definition) is 2. The largest absolute Gasteiger partial charge is 0.504 e. The van der Waals surface area contributed by atoms with Crippen LogP contribution in [0.5, 0.6) is 11.5 Å². The van der Waals surface area contributed by atoms with Gasteiger partial charge in [0.1, 0.15) is 11.6 Å². The summed E-state index contributed by atoms with van der Waals surface area (Å²) in [5.41, 5.74) is 0. The van der Waals surface area contributed by atoms with Crippen LogP contribution in [0, 0.1) is 46.5 Å². The minimum absolute atomic E-state index is 1.70. The average Bonchev–Trinajstić information content (AvgIpc) is 2.57. The first-order chi connectivity index (χ1) is 11.6. The molecule has 0 aliphatic carbocycles. The quantitative estimate of drug-likeness (QED) is 0.280. The number of rotatable bonds is 1. The summed E-state index contributed by atoms with van der Waals surface area (Å²) >= 11 is 0. The van der Waals surface area contributed by atoms with E-state index in [0.29, 0.717) is 0 Å². The Morgan fingerprint density at radius 1 is 0.480 bits per heavy atom.